The van der Waals surface area contributed by atoms with Crippen LogP contribution in [0.25, 0.3) is 16.6 Å². The fraction of sp³-hybridized carbons (Fsp3) is 0.711. The van der Waals surface area contributed by atoms with Crippen LogP contribution in [0.4, 0.5) is 0 Å². The lowest BCUT2D eigenvalue weighted by Gasteiger charge is -2.50. The smallest absolute Gasteiger partial charge is 0.192 e. The standard InChI is InChI=1S/C38H58N4O4Si/c1-25-22-42-31(30(21-41-42)26-14-16-27(17-15-26)35-44-24-37(5,6)38(7,8)45-35)18-29(25)28-19-39-34(40-20-28)23-43-32-12-11-13-33(32)46-47(9,10)36(2,3)4/h18-22,26-27,32-33,35H,11-17,23-24H2,1-10H3/t26?,27?,32-,33-,35?/m0/s1. The van der Waals surface area contributed by atoms with Gasteiger partial charge < -0.3 is 18.6 Å². The zero-order chi connectivity index (χ0) is 33.8. The molecule has 4 heterocycles. The van der Waals surface area contributed by atoms with Gasteiger partial charge in [-0.15, -0.1) is 0 Å². The van der Waals surface area contributed by atoms with E-state index in [1.807, 2.05) is 16.9 Å². The number of aryl methyl sites for hydroxylation is 1. The lowest BCUT2D eigenvalue weighted by atomic mass is 9.75. The molecule has 3 fully saturated rings. The highest BCUT2D eigenvalue weighted by atomic mass is 28.4. The maximum atomic E-state index is 6.74. The molecule has 0 radical (unpaired) electrons. The average Bonchev–Trinajstić information content (AvgIpc) is 3.62. The summed E-state index contributed by atoms with van der Waals surface area (Å²) in [4.78, 5) is 9.47. The van der Waals surface area contributed by atoms with Gasteiger partial charge in [0.15, 0.2) is 20.4 Å². The predicted molar refractivity (Wildman–Crippen MR) is 189 cm³/mol. The van der Waals surface area contributed by atoms with Gasteiger partial charge in [-0.3, -0.25) is 0 Å². The van der Waals surface area contributed by atoms with Crippen LogP contribution in [0, 0.1) is 18.3 Å². The van der Waals surface area contributed by atoms with Crippen molar-refractivity contribution in [2.45, 2.75) is 155 Å². The van der Waals surface area contributed by atoms with E-state index in [-0.39, 0.29) is 34.6 Å². The van der Waals surface area contributed by atoms with Crippen LogP contribution in [0.3, 0.4) is 0 Å². The second-order valence-corrected chi connectivity index (χ2v) is 21.9. The van der Waals surface area contributed by atoms with Gasteiger partial charge in [0.25, 0.3) is 0 Å². The summed E-state index contributed by atoms with van der Waals surface area (Å²) in [6.07, 6.45) is 15.9. The Hall–Kier alpha value is -2.17. The normalized spacial score (nSPS) is 28.2. The first kappa shape index (κ1) is 34.7. The molecule has 9 heteroatoms. The predicted octanol–water partition coefficient (Wildman–Crippen LogP) is 9.01. The third-order valence-electron chi connectivity index (χ3n) is 12.2. The van der Waals surface area contributed by atoms with Crippen molar-refractivity contribution in [3.05, 3.63) is 47.8 Å². The molecule has 47 heavy (non-hydrogen) atoms. The maximum absolute atomic E-state index is 6.74. The van der Waals surface area contributed by atoms with Crippen molar-refractivity contribution in [3.63, 3.8) is 0 Å². The van der Waals surface area contributed by atoms with Crippen molar-refractivity contribution >= 4 is 13.8 Å². The summed E-state index contributed by atoms with van der Waals surface area (Å²) < 4.78 is 27.9. The van der Waals surface area contributed by atoms with Crippen molar-refractivity contribution in [1.29, 1.82) is 0 Å². The Labute approximate surface area is 283 Å². The minimum absolute atomic E-state index is 0.00583. The minimum atomic E-state index is -1.85. The number of rotatable bonds is 8. The molecule has 1 saturated heterocycles. The molecule has 1 unspecified atom stereocenters. The van der Waals surface area contributed by atoms with Crippen LogP contribution in [-0.4, -0.2) is 58.6 Å². The Balaban J connectivity index is 1.09. The summed E-state index contributed by atoms with van der Waals surface area (Å²) in [5.74, 6) is 1.62. The SMILES string of the molecule is Cc1cn2ncc(C3CCC(C4OCC(C)(C)C(C)(C)O4)CC3)c2cc1-c1cnc(CO[C@H]2CCC[C@@H]2O[Si](C)(C)C(C)(C)C)nc1. The Bertz CT molecular complexity index is 1540. The van der Waals surface area contributed by atoms with E-state index in [4.69, 9.17) is 33.7 Å². The van der Waals surface area contributed by atoms with Gasteiger partial charge in [-0.25, -0.2) is 14.5 Å². The number of fused-ring (bicyclic) bond motifs is 1. The molecule has 0 aromatic carbocycles. The van der Waals surface area contributed by atoms with Crippen LogP contribution in [0.15, 0.2) is 30.9 Å². The zero-order valence-corrected chi connectivity index (χ0v) is 31.6. The first-order valence-corrected chi connectivity index (χ1v) is 20.8. The molecule has 2 saturated carbocycles. The Morgan fingerprint density at radius 2 is 1.64 bits per heavy atom. The highest BCUT2D eigenvalue weighted by molar-refractivity contribution is 6.74. The summed E-state index contributed by atoms with van der Waals surface area (Å²) in [7, 11) is -1.85. The first-order chi connectivity index (χ1) is 22.0. The fourth-order valence-electron chi connectivity index (χ4n) is 7.17. The van der Waals surface area contributed by atoms with E-state index < -0.39 is 8.32 Å². The Kier molecular flexibility index (Phi) is 9.55. The number of hydrogen-bond donors (Lipinski definition) is 0. The third-order valence-corrected chi connectivity index (χ3v) is 16.7. The van der Waals surface area contributed by atoms with E-state index in [0.717, 1.165) is 68.2 Å². The van der Waals surface area contributed by atoms with Gasteiger partial charge in [0, 0.05) is 41.1 Å². The lowest BCUT2D eigenvalue weighted by Crippen LogP contribution is -2.54. The lowest BCUT2D eigenvalue weighted by molar-refractivity contribution is -0.313. The second kappa shape index (κ2) is 12.9. The van der Waals surface area contributed by atoms with Crippen LogP contribution in [0.2, 0.25) is 18.1 Å². The minimum Gasteiger partial charge on any atom is -0.411 e. The third kappa shape index (κ3) is 7.11. The van der Waals surface area contributed by atoms with E-state index in [9.17, 15) is 0 Å². The number of nitrogens with zero attached hydrogens (tertiary/aromatic N) is 4. The quantitative estimate of drug-likeness (QED) is 0.223. The van der Waals surface area contributed by atoms with Crippen LogP contribution >= 0.6 is 0 Å². The molecule has 0 bridgehead atoms. The van der Waals surface area contributed by atoms with Crippen LogP contribution in [0.5, 0.6) is 0 Å². The zero-order valence-electron chi connectivity index (χ0n) is 30.6. The van der Waals surface area contributed by atoms with Crippen LogP contribution in [-0.2, 0) is 25.2 Å². The van der Waals surface area contributed by atoms with E-state index in [2.05, 4.69) is 86.9 Å². The number of pyridine rings is 1. The molecule has 8 nitrogen and oxygen atoms in total. The fourth-order valence-corrected chi connectivity index (χ4v) is 8.55. The molecule has 258 valence electrons. The topological polar surface area (TPSA) is 80.0 Å². The van der Waals surface area contributed by atoms with E-state index >= 15 is 0 Å². The van der Waals surface area contributed by atoms with Gasteiger partial charge in [-0.2, -0.15) is 5.10 Å². The molecule has 0 amide bonds. The molecular weight excluding hydrogens is 605 g/mol. The van der Waals surface area contributed by atoms with Gasteiger partial charge in [-0.1, -0.05) is 34.6 Å². The van der Waals surface area contributed by atoms with Crippen molar-refractivity contribution in [3.8, 4) is 11.1 Å². The summed E-state index contributed by atoms with van der Waals surface area (Å²) >= 11 is 0. The van der Waals surface area contributed by atoms with Crippen molar-refractivity contribution in [1.82, 2.24) is 19.6 Å². The largest absolute Gasteiger partial charge is 0.411 e. The average molecular weight is 663 g/mol. The molecule has 6 rings (SSSR count). The van der Waals surface area contributed by atoms with E-state index in [1.54, 1.807) is 0 Å². The van der Waals surface area contributed by atoms with Gasteiger partial charge in [0.05, 0.1) is 36.1 Å². The van der Waals surface area contributed by atoms with Crippen molar-refractivity contribution in [2.24, 2.45) is 11.3 Å². The highest BCUT2D eigenvalue weighted by Crippen LogP contribution is 2.46. The van der Waals surface area contributed by atoms with Crippen molar-refractivity contribution < 1.29 is 18.6 Å². The number of ether oxygens (including phenoxy) is 3. The maximum Gasteiger partial charge on any atom is 0.192 e. The number of hydrogen-bond acceptors (Lipinski definition) is 7. The second-order valence-electron chi connectivity index (χ2n) is 17.2. The van der Waals surface area contributed by atoms with Gasteiger partial charge >= 0.3 is 0 Å². The molecule has 2 aliphatic carbocycles. The molecule has 0 N–H and O–H groups in total. The van der Waals surface area contributed by atoms with Crippen LogP contribution < -0.4 is 0 Å². The number of aromatic nitrogens is 4. The summed E-state index contributed by atoms with van der Waals surface area (Å²) in [5.41, 5.74) is 5.62. The highest BCUT2D eigenvalue weighted by Gasteiger charge is 2.47. The van der Waals surface area contributed by atoms with Gasteiger partial charge in [0.1, 0.15) is 6.61 Å². The summed E-state index contributed by atoms with van der Waals surface area (Å²) in [6.45, 7) is 23.7. The Morgan fingerprint density at radius 3 is 2.30 bits per heavy atom. The summed E-state index contributed by atoms with van der Waals surface area (Å²) in [6, 6.07) is 2.28. The molecular formula is C38H58N4O4Si. The summed E-state index contributed by atoms with van der Waals surface area (Å²) in [5, 5.41) is 4.95. The Morgan fingerprint density at radius 1 is 0.957 bits per heavy atom. The first-order valence-electron chi connectivity index (χ1n) is 17.9. The molecule has 1 aliphatic heterocycles. The van der Waals surface area contributed by atoms with E-state index in [1.165, 1.54) is 11.1 Å². The molecule has 3 aromatic rings. The van der Waals surface area contributed by atoms with Crippen LogP contribution in [0.1, 0.15) is 116 Å². The van der Waals surface area contributed by atoms with Crippen molar-refractivity contribution in [2.75, 3.05) is 6.61 Å². The monoisotopic (exact) mass is 662 g/mol. The molecule has 3 atom stereocenters. The van der Waals surface area contributed by atoms with Gasteiger partial charge in [-0.05, 0) is 107 Å². The van der Waals surface area contributed by atoms with E-state index in [0.29, 0.717) is 24.3 Å². The molecule has 3 aliphatic rings. The molecule has 3 aromatic heterocycles. The van der Waals surface area contributed by atoms with Gasteiger partial charge in [0.2, 0.25) is 0 Å². The molecule has 0 spiro atoms.